The number of aromatic nitrogens is 4. The summed E-state index contributed by atoms with van der Waals surface area (Å²) in [5, 5.41) is 18.8. The summed E-state index contributed by atoms with van der Waals surface area (Å²) in [6.07, 6.45) is 6.59. The number of nitrogens with zero attached hydrogens (tertiary/aromatic N) is 4. The highest BCUT2D eigenvalue weighted by molar-refractivity contribution is 5.86. The summed E-state index contributed by atoms with van der Waals surface area (Å²) in [5.41, 5.74) is 1.70. The molecule has 1 saturated carbocycles. The van der Waals surface area contributed by atoms with Gasteiger partial charge in [0.1, 0.15) is 17.4 Å². The number of para-hydroxylation sites is 1. The number of hydrogen-bond acceptors (Lipinski definition) is 5. The lowest BCUT2D eigenvalue weighted by Crippen LogP contribution is -2.11. The van der Waals surface area contributed by atoms with Crippen molar-refractivity contribution in [2.75, 3.05) is 5.32 Å². The van der Waals surface area contributed by atoms with Crippen LogP contribution in [0.1, 0.15) is 56.0 Å². The molecule has 0 saturated heterocycles. The van der Waals surface area contributed by atoms with Crippen molar-refractivity contribution in [2.45, 2.75) is 44.6 Å². The molecule has 1 aliphatic carbocycles. The lowest BCUT2D eigenvalue weighted by Gasteiger charge is -2.18. The molecule has 0 unspecified atom stereocenters. The van der Waals surface area contributed by atoms with E-state index in [-0.39, 0.29) is 11.8 Å². The van der Waals surface area contributed by atoms with Gasteiger partial charge in [-0.25, -0.2) is 9.97 Å². The highest BCUT2D eigenvalue weighted by Crippen LogP contribution is 2.35. The molecule has 25 heavy (non-hydrogen) atoms. The van der Waals surface area contributed by atoms with E-state index >= 15 is 0 Å². The van der Waals surface area contributed by atoms with E-state index in [1.807, 2.05) is 32.2 Å². The Morgan fingerprint density at radius 1 is 1.20 bits per heavy atom. The standard InChI is InChI=1S/C19H23N5O/c1-12(14-9-5-6-10-16(14)25)21-18-15-11-20-24(2)19(15)23-17(22-18)13-7-3-4-8-13/h5-6,9-13,25H,3-4,7-8H2,1-2H3,(H,21,22,23)/t12-/m1/s1. The Labute approximate surface area is 146 Å². The molecule has 130 valence electrons. The number of benzene rings is 1. The lowest BCUT2D eigenvalue weighted by molar-refractivity contribution is 0.465. The Hall–Kier alpha value is -2.63. The molecule has 1 atom stereocenters. The van der Waals surface area contributed by atoms with Gasteiger partial charge in [0.05, 0.1) is 17.6 Å². The topological polar surface area (TPSA) is 75.9 Å². The molecule has 0 aliphatic heterocycles. The van der Waals surface area contributed by atoms with Gasteiger partial charge in [0.25, 0.3) is 0 Å². The molecule has 1 aliphatic rings. The number of phenolic OH excluding ortho intramolecular Hbond substituents is 1. The Bertz CT molecular complexity index is 898. The van der Waals surface area contributed by atoms with E-state index < -0.39 is 0 Å². The Morgan fingerprint density at radius 2 is 1.96 bits per heavy atom. The molecule has 0 bridgehead atoms. The van der Waals surface area contributed by atoms with Crippen LogP contribution in [0.2, 0.25) is 0 Å². The smallest absolute Gasteiger partial charge is 0.163 e. The summed E-state index contributed by atoms with van der Waals surface area (Å²) in [6.45, 7) is 2.02. The summed E-state index contributed by atoms with van der Waals surface area (Å²) in [4.78, 5) is 9.61. The molecule has 4 rings (SSSR count). The molecular weight excluding hydrogens is 314 g/mol. The number of aromatic hydroxyl groups is 1. The van der Waals surface area contributed by atoms with Crippen molar-refractivity contribution < 1.29 is 5.11 Å². The van der Waals surface area contributed by atoms with Gasteiger partial charge in [0.2, 0.25) is 0 Å². The van der Waals surface area contributed by atoms with Crippen molar-refractivity contribution in [3.05, 3.63) is 41.9 Å². The fourth-order valence-electron chi connectivity index (χ4n) is 3.65. The van der Waals surface area contributed by atoms with Gasteiger partial charge < -0.3 is 10.4 Å². The summed E-state index contributed by atoms with van der Waals surface area (Å²) in [7, 11) is 1.91. The van der Waals surface area contributed by atoms with E-state index in [1.54, 1.807) is 16.9 Å². The average Bonchev–Trinajstić information content (AvgIpc) is 3.26. The summed E-state index contributed by atoms with van der Waals surface area (Å²) >= 11 is 0. The Morgan fingerprint density at radius 3 is 2.72 bits per heavy atom. The zero-order chi connectivity index (χ0) is 17.4. The van der Waals surface area contributed by atoms with Crippen molar-refractivity contribution in [1.29, 1.82) is 0 Å². The van der Waals surface area contributed by atoms with Gasteiger partial charge in [-0.3, -0.25) is 4.68 Å². The van der Waals surface area contributed by atoms with Crippen molar-refractivity contribution in [1.82, 2.24) is 19.7 Å². The van der Waals surface area contributed by atoms with E-state index in [1.165, 1.54) is 12.8 Å². The number of anilines is 1. The van der Waals surface area contributed by atoms with E-state index in [0.29, 0.717) is 5.92 Å². The molecule has 0 amide bonds. The van der Waals surface area contributed by atoms with Crippen LogP contribution in [-0.2, 0) is 7.05 Å². The summed E-state index contributed by atoms with van der Waals surface area (Å²) < 4.78 is 1.80. The van der Waals surface area contributed by atoms with E-state index in [4.69, 9.17) is 9.97 Å². The highest BCUT2D eigenvalue weighted by Gasteiger charge is 2.23. The second-order valence-corrected chi connectivity index (χ2v) is 6.84. The maximum Gasteiger partial charge on any atom is 0.163 e. The molecule has 2 N–H and O–H groups in total. The van der Waals surface area contributed by atoms with Crippen LogP contribution in [0.15, 0.2) is 30.5 Å². The Balaban J connectivity index is 1.73. The maximum absolute atomic E-state index is 10.1. The Kier molecular flexibility index (Phi) is 4.03. The number of hydrogen-bond donors (Lipinski definition) is 2. The molecule has 2 aromatic heterocycles. The van der Waals surface area contributed by atoms with Gasteiger partial charge >= 0.3 is 0 Å². The zero-order valence-corrected chi connectivity index (χ0v) is 14.6. The summed E-state index contributed by atoms with van der Waals surface area (Å²) in [6, 6.07) is 7.31. The normalized spacial score (nSPS) is 16.4. The molecule has 3 aromatic rings. The van der Waals surface area contributed by atoms with Gasteiger partial charge in [0, 0.05) is 18.5 Å². The van der Waals surface area contributed by atoms with Gasteiger partial charge in [0.15, 0.2) is 5.65 Å². The van der Waals surface area contributed by atoms with Crippen LogP contribution in [0, 0.1) is 0 Å². The van der Waals surface area contributed by atoms with E-state index in [0.717, 1.165) is 41.1 Å². The van der Waals surface area contributed by atoms with E-state index in [2.05, 4.69) is 10.4 Å². The molecule has 2 heterocycles. The fourth-order valence-corrected chi connectivity index (χ4v) is 3.65. The first-order valence-corrected chi connectivity index (χ1v) is 8.87. The SMILES string of the molecule is C[C@@H](Nc1nc(C2CCCC2)nc2c1cnn2C)c1ccccc1O. The number of phenols is 1. The van der Waals surface area contributed by atoms with Crippen molar-refractivity contribution >= 4 is 16.9 Å². The van der Waals surface area contributed by atoms with E-state index in [9.17, 15) is 5.11 Å². The first-order chi connectivity index (χ1) is 12.1. The third kappa shape index (κ3) is 2.92. The van der Waals surface area contributed by atoms with Crippen LogP contribution in [0.3, 0.4) is 0 Å². The lowest BCUT2D eigenvalue weighted by atomic mass is 10.1. The maximum atomic E-state index is 10.1. The van der Waals surface area contributed by atoms with Gasteiger partial charge in [-0.1, -0.05) is 31.0 Å². The third-order valence-corrected chi connectivity index (χ3v) is 5.09. The molecule has 1 aromatic carbocycles. The van der Waals surface area contributed by atoms with Crippen molar-refractivity contribution in [3.63, 3.8) is 0 Å². The number of aryl methyl sites for hydroxylation is 1. The van der Waals surface area contributed by atoms with Gasteiger partial charge in [-0.05, 0) is 25.8 Å². The second-order valence-electron chi connectivity index (χ2n) is 6.84. The van der Waals surface area contributed by atoms with Crippen LogP contribution in [0.25, 0.3) is 11.0 Å². The molecular formula is C19H23N5O. The number of nitrogens with one attached hydrogen (secondary N) is 1. The first-order valence-electron chi connectivity index (χ1n) is 8.87. The summed E-state index contributed by atoms with van der Waals surface area (Å²) in [5.74, 6) is 2.41. The zero-order valence-electron chi connectivity index (χ0n) is 14.6. The van der Waals surface area contributed by atoms with Crippen LogP contribution < -0.4 is 5.32 Å². The van der Waals surface area contributed by atoms with Gasteiger partial charge in [-0.15, -0.1) is 0 Å². The van der Waals surface area contributed by atoms with Crippen LogP contribution in [0.4, 0.5) is 5.82 Å². The largest absolute Gasteiger partial charge is 0.508 e. The van der Waals surface area contributed by atoms with Crippen LogP contribution in [-0.4, -0.2) is 24.9 Å². The second kappa shape index (κ2) is 6.35. The van der Waals surface area contributed by atoms with Crippen LogP contribution in [0.5, 0.6) is 5.75 Å². The minimum atomic E-state index is -0.0732. The van der Waals surface area contributed by atoms with Gasteiger partial charge in [-0.2, -0.15) is 5.10 Å². The van der Waals surface area contributed by atoms with Crippen LogP contribution >= 0.6 is 0 Å². The number of fused-ring (bicyclic) bond motifs is 1. The minimum Gasteiger partial charge on any atom is -0.508 e. The highest BCUT2D eigenvalue weighted by atomic mass is 16.3. The predicted octanol–water partition coefficient (Wildman–Crippen LogP) is 3.90. The number of rotatable bonds is 4. The third-order valence-electron chi connectivity index (χ3n) is 5.09. The molecule has 6 heteroatoms. The average molecular weight is 337 g/mol. The quantitative estimate of drug-likeness (QED) is 0.755. The molecule has 0 radical (unpaired) electrons. The van der Waals surface area contributed by atoms with Crippen molar-refractivity contribution in [3.8, 4) is 5.75 Å². The predicted molar refractivity (Wildman–Crippen MR) is 97.7 cm³/mol. The molecule has 0 spiro atoms. The molecule has 1 fully saturated rings. The monoisotopic (exact) mass is 337 g/mol. The van der Waals surface area contributed by atoms with Crippen molar-refractivity contribution in [2.24, 2.45) is 7.05 Å². The minimum absolute atomic E-state index is 0.0732. The fraction of sp³-hybridized carbons (Fsp3) is 0.421. The first kappa shape index (κ1) is 15.9. The molecule has 6 nitrogen and oxygen atoms in total.